The summed E-state index contributed by atoms with van der Waals surface area (Å²) in [5.41, 5.74) is -0.405. The van der Waals surface area contributed by atoms with Gasteiger partial charge in [-0.25, -0.2) is 4.79 Å². The smallest absolute Gasteiger partial charge is 0.334 e. The summed E-state index contributed by atoms with van der Waals surface area (Å²) < 4.78 is 0. The van der Waals surface area contributed by atoms with E-state index in [2.05, 4.69) is 10.6 Å². The van der Waals surface area contributed by atoms with Crippen molar-refractivity contribution in [3.63, 3.8) is 0 Å². The van der Waals surface area contributed by atoms with Gasteiger partial charge in [-0.15, -0.1) is 0 Å². The Morgan fingerprint density at radius 1 is 1.39 bits per heavy atom. The number of nitrogens with one attached hydrogen (secondary N) is 2. The van der Waals surface area contributed by atoms with Gasteiger partial charge in [-0.05, 0) is 32.4 Å². The number of carboxylic acids is 1. The van der Waals surface area contributed by atoms with E-state index in [4.69, 9.17) is 10.2 Å². The lowest BCUT2D eigenvalue weighted by atomic mass is 9.74. The van der Waals surface area contributed by atoms with E-state index < -0.39 is 17.5 Å². The number of rotatable bonds is 6. The summed E-state index contributed by atoms with van der Waals surface area (Å²) in [7, 11) is 0. The number of carbonyl (C=O) groups is 2. The van der Waals surface area contributed by atoms with Gasteiger partial charge in [0.2, 0.25) is 5.91 Å². The summed E-state index contributed by atoms with van der Waals surface area (Å²) >= 11 is 0. The molecule has 1 rings (SSSR count). The number of aliphatic hydroxyl groups is 1. The van der Waals surface area contributed by atoms with Crippen molar-refractivity contribution in [3.05, 3.63) is 0 Å². The second kappa shape index (κ2) is 6.70. The summed E-state index contributed by atoms with van der Waals surface area (Å²) in [5.74, 6) is -1.45. The van der Waals surface area contributed by atoms with Crippen LogP contribution in [0.1, 0.15) is 32.6 Å². The molecule has 0 aromatic rings. The minimum absolute atomic E-state index is 0.133. The molecule has 0 aromatic carbocycles. The minimum Gasteiger partial charge on any atom is -0.479 e. The van der Waals surface area contributed by atoms with Crippen LogP contribution in [0, 0.1) is 5.41 Å². The maximum atomic E-state index is 12.2. The van der Waals surface area contributed by atoms with Gasteiger partial charge in [0.1, 0.15) is 0 Å². The van der Waals surface area contributed by atoms with Crippen LogP contribution >= 0.6 is 0 Å². The SMILES string of the molecule is CCCC1(C(=O)NC[C@H](O)C(=O)O)CCNCC1. The number of carbonyl (C=O) groups excluding carboxylic acids is 1. The zero-order valence-electron chi connectivity index (χ0n) is 10.7. The summed E-state index contributed by atoms with van der Waals surface area (Å²) in [6.07, 6.45) is 1.69. The van der Waals surface area contributed by atoms with Gasteiger partial charge in [-0.3, -0.25) is 4.79 Å². The standard InChI is InChI=1S/C12H22N2O4/c1-2-3-12(4-6-13-7-5-12)11(18)14-8-9(15)10(16)17/h9,13,15H,2-8H2,1H3,(H,14,18)(H,16,17)/t9-/m0/s1. The zero-order chi connectivity index (χ0) is 13.6. The summed E-state index contributed by atoms with van der Waals surface area (Å²) in [5, 5.41) is 23.5. The Hall–Kier alpha value is -1.14. The van der Waals surface area contributed by atoms with Crippen LogP contribution < -0.4 is 10.6 Å². The normalized spacial score (nSPS) is 20.1. The molecule has 0 aromatic heterocycles. The number of carboxylic acid groups (broad SMARTS) is 1. The predicted octanol–water partition coefficient (Wildman–Crippen LogP) is -0.282. The van der Waals surface area contributed by atoms with Gasteiger partial charge in [-0.1, -0.05) is 13.3 Å². The van der Waals surface area contributed by atoms with E-state index in [1.165, 1.54) is 0 Å². The highest BCUT2D eigenvalue weighted by atomic mass is 16.4. The molecule has 1 amide bonds. The maximum Gasteiger partial charge on any atom is 0.334 e. The molecule has 6 nitrogen and oxygen atoms in total. The van der Waals surface area contributed by atoms with Crippen LogP contribution in [0.5, 0.6) is 0 Å². The van der Waals surface area contributed by atoms with E-state index in [1.807, 2.05) is 6.92 Å². The number of aliphatic hydroxyl groups excluding tert-OH is 1. The van der Waals surface area contributed by atoms with Crippen molar-refractivity contribution in [3.8, 4) is 0 Å². The highest BCUT2D eigenvalue weighted by Crippen LogP contribution is 2.34. The predicted molar refractivity (Wildman–Crippen MR) is 66.1 cm³/mol. The number of aliphatic carboxylic acids is 1. The molecule has 0 bridgehead atoms. The first kappa shape index (κ1) is 14.9. The Bertz CT molecular complexity index is 295. The van der Waals surface area contributed by atoms with Gasteiger partial charge in [0.15, 0.2) is 6.10 Å². The first-order chi connectivity index (χ1) is 8.52. The van der Waals surface area contributed by atoms with Crippen molar-refractivity contribution >= 4 is 11.9 Å². The Morgan fingerprint density at radius 3 is 2.50 bits per heavy atom. The molecule has 1 atom stereocenters. The fourth-order valence-electron chi connectivity index (χ4n) is 2.44. The van der Waals surface area contributed by atoms with E-state index in [0.717, 1.165) is 38.8 Å². The van der Waals surface area contributed by atoms with Crippen LogP contribution in [0.15, 0.2) is 0 Å². The molecular weight excluding hydrogens is 236 g/mol. The van der Waals surface area contributed by atoms with Crippen molar-refractivity contribution in [2.45, 2.75) is 38.7 Å². The molecule has 0 saturated carbocycles. The maximum absolute atomic E-state index is 12.2. The third-order valence-corrected chi connectivity index (χ3v) is 3.51. The topological polar surface area (TPSA) is 98.7 Å². The molecule has 0 unspecified atom stereocenters. The fraction of sp³-hybridized carbons (Fsp3) is 0.833. The first-order valence-electron chi connectivity index (χ1n) is 6.42. The van der Waals surface area contributed by atoms with Crippen LogP contribution in [0.4, 0.5) is 0 Å². The second-order valence-corrected chi connectivity index (χ2v) is 4.84. The Kier molecular flexibility index (Phi) is 5.55. The molecular formula is C12H22N2O4. The lowest BCUT2D eigenvalue weighted by Gasteiger charge is -2.36. The lowest BCUT2D eigenvalue weighted by Crippen LogP contribution is -2.49. The van der Waals surface area contributed by atoms with Crippen LogP contribution in [-0.4, -0.2) is 47.8 Å². The Morgan fingerprint density at radius 2 is 2.00 bits per heavy atom. The third kappa shape index (κ3) is 3.68. The van der Waals surface area contributed by atoms with Crippen molar-refractivity contribution < 1.29 is 19.8 Å². The molecule has 1 aliphatic heterocycles. The highest BCUT2D eigenvalue weighted by Gasteiger charge is 2.38. The van der Waals surface area contributed by atoms with Crippen LogP contribution in [0.2, 0.25) is 0 Å². The average molecular weight is 258 g/mol. The third-order valence-electron chi connectivity index (χ3n) is 3.51. The van der Waals surface area contributed by atoms with E-state index in [9.17, 15) is 9.59 Å². The molecule has 4 N–H and O–H groups in total. The molecule has 1 heterocycles. The molecule has 6 heteroatoms. The first-order valence-corrected chi connectivity index (χ1v) is 6.42. The molecule has 104 valence electrons. The number of hydrogen-bond acceptors (Lipinski definition) is 4. The monoisotopic (exact) mass is 258 g/mol. The molecule has 0 aliphatic carbocycles. The zero-order valence-corrected chi connectivity index (χ0v) is 10.7. The number of amides is 1. The van der Waals surface area contributed by atoms with Crippen molar-refractivity contribution in [1.82, 2.24) is 10.6 Å². The highest BCUT2D eigenvalue weighted by molar-refractivity contribution is 5.83. The summed E-state index contributed by atoms with van der Waals surface area (Å²) in [4.78, 5) is 22.7. The molecule has 18 heavy (non-hydrogen) atoms. The van der Waals surface area contributed by atoms with E-state index >= 15 is 0 Å². The van der Waals surface area contributed by atoms with Crippen LogP contribution in [0.3, 0.4) is 0 Å². The molecule has 0 radical (unpaired) electrons. The lowest BCUT2D eigenvalue weighted by molar-refractivity contribution is -0.147. The van der Waals surface area contributed by atoms with Crippen LogP contribution in [-0.2, 0) is 9.59 Å². The molecule has 1 fully saturated rings. The molecule has 1 aliphatic rings. The van der Waals surface area contributed by atoms with Gasteiger partial charge in [0, 0.05) is 0 Å². The number of piperidine rings is 1. The van der Waals surface area contributed by atoms with Crippen molar-refractivity contribution in [2.75, 3.05) is 19.6 Å². The van der Waals surface area contributed by atoms with Gasteiger partial charge < -0.3 is 20.8 Å². The van der Waals surface area contributed by atoms with Crippen molar-refractivity contribution in [2.24, 2.45) is 5.41 Å². The Labute approximate surface area is 107 Å². The average Bonchev–Trinajstić information content (AvgIpc) is 2.36. The second-order valence-electron chi connectivity index (χ2n) is 4.84. The van der Waals surface area contributed by atoms with E-state index in [-0.39, 0.29) is 12.5 Å². The fourth-order valence-corrected chi connectivity index (χ4v) is 2.44. The van der Waals surface area contributed by atoms with Gasteiger partial charge >= 0.3 is 5.97 Å². The van der Waals surface area contributed by atoms with E-state index in [1.54, 1.807) is 0 Å². The van der Waals surface area contributed by atoms with Crippen molar-refractivity contribution in [1.29, 1.82) is 0 Å². The van der Waals surface area contributed by atoms with Gasteiger partial charge in [0.05, 0.1) is 12.0 Å². The summed E-state index contributed by atoms with van der Waals surface area (Å²) in [6, 6.07) is 0. The minimum atomic E-state index is -1.53. The van der Waals surface area contributed by atoms with Crippen LogP contribution in [0.25, 0.3) is 0 Å². The van der Waals surface area contributed by atoms with Gasteiger partial charge in [-0.2, -0.15) is 0 Å². The molecule has 1 saturated heterocycles. The molecule has 0 spiro atoms. The van der Waals surface area contributed by atoms with E-state index in [0.29, 0.717) is 0 Å². The quantitative estimate of drug-likeness (QED) is 0.525. The van der Waals surface area contributed by atoms with Gasteiger partial charge in [0.25, 0.3) is 0 Å². The summed E-state index contributed by atoms with van der Waals surface area (Å²) in [6.45, 7) is 3.40. The Balaban J connectivity index is 2.57. The number of hydrogen-bond donors (Lipinski definition) is 4. The largest absolute Gasteiger partial charge is 0.479 e.